The number of hydrogen-bond acceptors (Lipinski definition) is 9. The van der Waals surface area contributed by atoms with Crippen LogP contribution in [0.2, 0.25) is 0 Å². The fourth-order valence-electron chi connectivity index (χ4n) is 3.11. The Balaban J connectivity index is 1.76. The highest BCUT2D eigenvalue weighted by molar-refractivity contribution is 5.97. The van der Waals surface area contributed by atoms with Gasteiger partial charge in [0, 0.05) is 5.69 Å². The normalized spacial score (nSPS) is 10.6. The summed E-state index contributed by atoms with van der Waals surface area (Å²) in [5.41, 5.74) is 8.96. The number of aromatic nitrogens is 4. The molecule has 4 rings (SSSR count). The van der Waals surface area contributed by atoms with Crippen molar-refractivity contribution < 1.29 is 19.1 Å². The first-order chi connectivity index (χ1) is 15.0. The largest absolute Gasteiger partial charge is 0.465 e. The van der Waals surface area contributed by atoms with Gasteiger partial charge in [0.2, 0.25) is 0 Å². The minimum atomic E-state index is -0.602. The number of ether oxygens (including phenoxy) is 2. The average molecular weight is 418 g/mol. The summed E-state index contributed by atoms with van der Waals surface area (Å²) in [6, 6.07) is 12.0. The maximum atomic E-state index is 12.0. The summed E-state index contributed by atoms with van der Waals surface area (Å²) in [5, 5.41) is 3.04. The number of methoxy groups -OCH3 is 2. The van der Waals surface area contributed by atoms with Crippen LogP contribution in [0.5, 0.6) is 0 Å². The molecule has 0 aliphatic rings. The van der Waals surface area contributed by atoms with E-state index in [4.69, 9.17) is 15.2 Å². The van der Waals surface area contributed by atoms with Crippen LogP contribution in [-0.4, -0.2) is 45.7 Å². The Hall–Kier alpha value is -4.47. The molecule has 31 heavy (non-hydrogen) atoms. The van der Waals surface area contributed by atoms with Crippen molar-refractivity contribution in [1.29, 1.82) is 0 Å². The predicted molar refractivity (Wildman–Crippen MR) is 113 cm³/mol. The molecule has 0 unspecified atom stereocenters. The van der Waals surface area contributed by atoms with Gasteiger partial charge < -0.3 is 20.5 Å². The Morgan fingerprint density at radius 2 is 1.65 bits per heavy atom. The van der Waals surface area contributed by atoms with Crippen LogP contribution >= 0.6 is 0 Å². The molecule has 156 valence electrons. The summed E-state index contributed by atoms with van der Waals surface area (Å²) in [4.78, 5) is 36.9. The van der Waals surface area contributed by atoms with Crippen molar-refractivity contribution in [3.63, 3.8) is 0 Å². The fraction of sp³-hybridized carbons (Fsp3) is 0.0952. The first-order valence-electron chi connectivity index (χ1n) is 9.13. The van der Waals surface area contributed by atoms with Gasteiger partial charge in [0.1, 0.15) is 18.3 Å². The number of rotatable bonds is 5. The quantitative estimate of drug-likeness (QED) is 0.469. The van der Waals surface area contributed by atoms with Gasteiger partial charge in [0.05, 0.1) is 36.4 Å². The number of nitrogens with one attached hydrogen (secondary N) is 1. The second-order valence-corrected chi connectivity index (χ2v) is 6.47. The highest BCUT2D eigenvalue weighted by atomic mass is 16.5. The van der Waals surface area contributed by atoms with E-state index in [1.807, 2.05) is 24.3 Å². The van der Waals surface area contributed by atoms with E-state index in [0.29, 0.717) is 17.3 Å². The number of fused-ring (bicyclic) bond motifs is 1. The SMILES string of the molecule is COC(=O)c1cc(Nc2ncnc(-n3cnc4ccccc43)c2N)cc(C(=O)OC)c1. The summed E-state index contributed by atoms with van der Waals surface area (Å²) in [6.45, 7) is 0. The van der Waals surface area contributed by atoms with Gasteiger partial charge in [0.25, 0.3) is 0 Å². The van der Waals surface area contributed by atoms with Crippen molar-refractivity contribution >= 4 is 40.2 Å². The molecule has 0 saturated heterocycles. The number of imidazole rings is 1. The summed E-state index contributed by atoms with van der Waals surface area (Å²) in [7, 11) is 2.51. The standard InChI is InChI=1S/C21H18N6O4/c1-30-20(28)12-7-13(21(29)31-2)9-14(8-12)26-18-17(22)19(24-10-23-18)27-11-25-15-5-3-4-6-16(15)27/h3-11H,22H2,1-2H3,(H,23,24,26). The first kappa shape index (κ1) is 19.8. The molecular formula is C21H18N6O4. The fourth-order valence-corrected chi connectivity index (χ4v) is 3.11. The number of hydrogen-bond donors (Lipinski definition) is 2. The Morgan fingerprint density at radius 3 is 2.32 bits per heavy atom. The molecular weight excluding hydrogens is 400 g/mol. The lowest BCUT2D eigenvalue weighted by molar-refractivity contribution is 0.0599. The number of benzene rings is 2. The number of carbonyl (C=O) groups excluding carboxylic acids is 2. The predicted octanol–water partition coefficient (Wildman–Crippen LogP) is 2.71. The number of nitrogen functional groups attached to an aromatic ring is 1. The molecule has 4 aromatic rings. The van der Waals surface area contributed by atoms with E-state index in [9.17, 15) is 9.59 Å². The number of para-hydroxylation sites is 2. The van der Waals surface area contributed by atoms with E-state index < -0.39 is 11.9 Å². The first-order valence-corrected chi connectivity index (χ1v) is 9.13. The van der Waals surface area contributed by atoms with Gasteiger partial charge in [-0.05, 0) is 30.3 Å². The van der Waals surface area contributed by atoms with Gasteiger partial charge in [-0.2, -0.15) is 0 Å². The Labute approximate surface area is 176 Å². The lowest BCUT2D eigenvalue weighted by atomic mass is 10.1. The molecule has 0 atom stereocenters. The Morgan fingerprint density at radius 1 is 0.968 bits per heavy atom. The van der Waals surface area contributed by atoms with Gasteiger partial charge in [-0.15, -0.1) is 0 Å². The molecule has 0 amide bonds. The molecule has 0 fully saturated rings. The number of carbonyl (C=O) groups is 2. The number of anilines is 3. The van der Waals surface area contributed by atoms with Crippen molar-refractivity contribution in [2.45, 2.75) is 0 Å². The van der Waals surface area contributed by atoms with Gasteiger partial charge in [0.15, 0.2) is 11.6 Å². The molecule has 2 heterocycles. The summed E-state index contributed by atoms with van der Waals surface area (Å²) >= 11 is 0. The molecule has 10 nitrogen and oxygen atoms in total. The van der Waals surface area contributed by atoms with Crippen LogP contribution in [0.3, 0.4) is 0 Å². The van der Waals surface area contributed by atoms with Crippen LogP contribution in [0, 0.1) is 0 Å². The van der Waals surface area contributed by atoms with E-state index in [2.05, 4.69) is 20.3 Å². The minimum absolute atomic E-state index is 0.168. The van der Waals surface area contributed by atoms with Crippen LogP contribution in [0.1, 0.15) is 20.7 Å². The molecule has 0 radical (unpaired) electrons. The van der Waals surface area contributed by atoms with Crippen LogP contribution in [0.4, 0.5) is 17.2 Å². The second kappa shape index (κ2) is 8.11. The molecule has 2 aromatic heterocycles. The van der Waals surface area contributed by atoms with E-state index in [-0.39, 0.29) is 16.8 Å². The lowest BCUT2D eigenvalue weighted by Gasteiger charge is -2.13. The van der Waals surface area contributed by atoms with Crippen molar-refractivity contribution in [1.82, 2.24) is 19.5 Å². The molecule has 10 heteroatoms. The monoisotopic (exact) mass is 418 g/mol. The third-order valence-electron chi connectivity index (χ3n) is 4.58. The van der Waals surface area contributed by atoms with Gasteiger partial charge in [-0.25, -0.2) is 24.5 Å². The van der Waals surface area contributed by atoms with Gasteiger partial charge >= 0.3 is 11.9 Å². The lowest BCUT2D eigenvalue weighted by Crippen LogP contribution is -2.10. The molecule has 0 spiro atoms. The number of nitrogens with zero attached hydrogens (tertiary/aromatic N) is 4. The summed E-state index contributed by atoms with van der Waals surface area (Å²) in [6.07, 6.45) is 2.98. The third kappa shape index (κ3) is 3.73. The summed E-state index contributed by atoms with van der Waals surface area (Å²) in [5.74, 6) is -0.478. The van der Waals surface area contributed by atoms with Crippen molar-refractivity contribution in [2.75, 3.05) is 25.3 Å². The van der Waals surface area contributed by atoms with Gasteiger partial charge in [-0.3, -0.25) is 4.57 Å². The van der Waals surface area contributed by atoms with Crippen molar-refractivity contribution in [3.8, 4) is 5.82 Å². The number of esters is 2. The van der Waals surface area contributed by atoms with E-state index in [1.54, 1.807) is 10.9 Å². The van der Waals surface area contributed by atoms with Crippen LogP contribution in [0.25, 0.3) is 16.9 Å². The maximum absolute atomic E-state index is 12.0. The zero-order chi connectivity index (χ0) is 22.0. The van der Waals surface area contributed by atoms with Crippen LogP contribution < -0.4 is 11.1 Å². The highest BCUT2D eigenvalue weighted by Gasteiger charge is 2.17. The van der Waals surface area contributed by atoms with Crippen molar-refractivity contribution in [2.24, 2.45) is 0 Å². The van der Waals surface area contributed by atoms with Crippen molar-refractivity contribution in [3.05, 3.63) is 66.2 Å². The average Bonchev–Trinajstić information content (AvgIpc) is 3.23. The van der Waals surface area contributed by atoms with Crippen LogP contribution in [0.15, 0.2) is 55.1 Å². The minimum Gasteiger partial charge on any atom is -0.465 e. The van der Waals surface area contributed by atoms with Crippen LogP contribution in [-0.2, 0) is 9.47 Å². The second-order valence-electron chi connectivity index (χ2n) is 6.47. The maximum Gasteiger partial charge on any atom is 0.337 e. The highest BCUT2D eigenvalue weighted by Crippen LogP contribution is 2.28. The molecule has 0 saturated carbocycles. The zero-order valence-electron chi connectivity index (χ0n) is 16.7. The number of nitrogens with two attached hydrogens (primary N) is 1. The molecule has 0 aliphatic heterocycles. The molecule has 0 bridgehead atoms. The topological polar surface area (TPSA) is 134 Å². The van der Waals surface area contributed by atoms with E-state index in [0.717, 1.165) is 11.0 Å². The van der Waals surface area contributed by atoms with E-state index in [1.165, 1.54) is 38.7 Å². The smallest absolute Gasteiger partial charge is 0.337 e. The zero-order valence-corrected chi connectivity index (χ0v) is 16.7. The molecule has 2 aromatic carbocycles. The molecule has 0 aliphatic carbocycles. The molecule has 3 N–H and O–H groups in total. The van der Waals surface area contributed by atoms with Gasteiger partial charge in [-0.1, -0.05) is 12.1 Å². The summed E-state index contributed by atoms with van der Waals surface area (Å²) < 4.78 is 11.3. The Bertz CT molecular complexity index is 1270. The Kier molecular flexibility index (Phi) is 5.19. The van der Waals surface area contributed by atoms with E-state index >= 15 is 0 Å². The third-order valence-corrected chi connectivity index (χ3v) is 4.58.